The molecule has 0 aliphatic rings. The zero-order valence-corrected chi connectivity index (χ0v) is 14.4. The van der Waals surface area contributed by atoms with Crippen LogP contribution in [0.4, 0.5) is 10.5 Å². The Morgan fingerprint density at radius 2 is 1.85 bits per heavy atom. The average molecular weight is 370 g/mol. The first-order valence-corrected chi connectivity index (χ1v) is 8.27. The minimum Gasteiger partial charge on any atom is -0.465 e. The predicted octanol–water partition coefficient (Wildman–Crippen LogP) is 3.88. The molecule has 0 saturated carbocycles. The van der Waals surface area contributed by atoms with Crippen LogP contribution in [-0.2, 0) is 4.79 Å². The first-order valence-electron chi connectivity index (χ1n) is 7.90. The van der Waals surface area contributed by atoms with E-state index in [9.17, 15) is 9.59 Å². The summed E-state index contributed by atoms with van der Waals surface area (Å²) in [6.45, 7) is -0.0414. The molecule has 3 N–H and O–H groups in total. The molecule has 1 aromatic heterocycles. The Bertz CT molecular complexity index is 944. The van der Waals surface area contributed by atoms with Gasteiger partial charge in [-0.05, 0) is 41.3 Å². The van der Waals surface area contributed by atoms with E-state index < -0.39 is 12.0 Å². The molecule has 3 aromatic rings. The maximum absolute atomic E-state index is 12.8. The summed E-state index contributed by atoms with van der Waals surface area (Å²) in [7, 11) is 0. The zero-order valence-electron chi connectivity index (χ0n) is 13.6. The number of nitrogens with zero attached hydrogens (tertiary/aromatic N) is 1. The minimum absolute atomic E-state index is 0.0414. The summed E-state index contributed by atoms with van der Waals surface area (Å²) in [6, 6.07) is 14.1. The van der Waals surface area contributed by atoms with Gasteiger partial charge in [0.25, 0.3) is 0 Å². The van der Waals surface area contributed by atoms with Crippen molar-refractivity contribution in [2.24, 2.45) is 0 Å². The second-order valence-electron chi connectivity index (χ2n) is 5.72. The first-order chi connectivity index (χ1) is 12.5. The first kappa shape index (κ1) is 17.7. The third-order valence-corrected chi connectivity index (χ3v) is 4.21. The van der Waals surface area contributed by atoms with E-state index in [1.54, 1.807) is 42.7 Å². The van der Waals surface area contributed by atoms with Crippen LogP contribution in [-0.4, -0.2) is 28.6 Å². The molecule has 0 saturated heterocycles. The maximum Gasteiger partial charge on any atom is 0.404 e. The Balaban J connectivity index is 1.83. The van der Waals surface area contributed by atoms with E-state index >= 15 is 0 Å². The summed E-state index contributed by atoms with van der Waals surface area (Å²) in [5, 5.41) is 16.4. The van der Waals surface area contributed by atoms with Crippen molar-refractivity contribution in [2.45, 2.75) is 5.92 Å². The molecule has 132 valence electrons. The van der Waals surface area contributed by atoms with E-state index in [1.807, 2.05) is 18.2 Å². The number of carbonyl (C=O) groups excluding carboxylic acids is 1. The third-order valence-electron chi connectivity index (χ3n) is 3.95. The van der Waals surface area contributed by atoms with Gasteiger partial charge in [-0.2, -0.15) is 0 Å². The van der Waals surface area contributed by atoms with Gasteiger partial charge in [0.15, 0.2) is 0 Å². The van der Waals surface area contributed by atoms with Crippen molar-refractivity contribution < 1.29 is 14.7 Å². The molecule has 2 aromatic carbocycles. The lowest BCUT2D eigenvalue weighted by Gasteiger charge is -2.17. The number of hydrogen-bond donors (Lipinski definition) is 3. The average Bonchev–Trinajstić information content (AvgIpc) is 2.63. The normalized spacial score (nSPS) is 11.7. The van der Waals surface area contributed by atoms with E-state index in [2.05, 4.69) is 15.6 Å². The molecule has 1 atom stereocenters. The summed E-state index contributed by atoms with van der Waals surface area (Å²) in [6.07, 6.45) is 2.24. The largest absolute Gasteiger partial charge is 0.465 e. The van der Waals surface area contributed by atoms with Gasteiger partial charge >= 0.3 is 6.09 Å². The van der Waals surface area contributed by atoms with Gasteiger partial charge in [0.05, 0.1) is 5.92 Å². The number of carbonyl (C=O) groups is 2. The Morgan fingerprint density at radius 3 is 2.58 bits per heavy atom. The fraction of sp³-hybridized carbons (Fsp3) is 0.105. The summed E-state index contributed by atoms with van der Waals surface area (Å²) in [5.74, 6) is -0.994. The van der Waals surface area contributed by atoms with E-state index in [4.69, 9.17) is 16.7 Å². The van der Waals surface area contributed by atoms with Crippen LogP contribution >= 0.6 is 11.6 Å². The molecular weight excluding hydrogens is 354 g/mol. The number of hydrogen-bond acceptors (Lipinski definition) is 3. The SMILES string of the molecule is O=C(O)NC[C@@H](C(=O)Nc1ccc2cnccc2c1)c1ccc(Cl)cc1. The fourth-order valence-corrected chi connectivity index (χ4v) is 2.76. The quantitative estimate of drug-likeness (QED) is 0.636. The number of aromatic nitrogens is 1. The minimum atomic E-state index is -1.19. The summed E-state index contributed by atoms with van der Waals surface area (Å²) in [5.41, 5.74) is 1.30. The van der Waals surface area contributed by atoms with Gasteiger partial charge in [0.2, 0.25) is 5.91 Å². The van der Waals surface area contributed by atoms with Crippen LogP contribution < -0.4 is 10.6 Å². The molecule has 0 aliphatic heterocycles. The van der Waals surface area contributed by atoms with E-state index in [-0.39, 0.29) is 12.5 Å². The van der Waals surface area contributed by atoms with Crippen LogP contribution in [0.5, 0.6) is 0 Å². The van der Waals surface area contributed by atoms with Gasteiger partial charge in [-0.25, -0.2) is 4.79 Å². The van der Waals surface area contributed by atoms with Crippen LogP contribution in [0, 0.1) is 0 Å². The lowest BCUT2D eigenvalue weighted by Crippen LogP contribution is -2.33. The van der Waals surface area contributed by atoms with Crippen molar-refractivity contribution in [3.8, 4) is 0 Å². The van der Waals surface area contributed by atoms with Crippen molar-refractivity contribution in [3.63, 3.8) is 0 Å². The molecule has 26 heavy (non-hydrogen) atoms. The van der Waals surface area contributed by atoms with Crippen LogP contribution in [0.15, 0.2) is 60.9 Å². The molecule has 3 rings (SSSR count). The highest BCUT2D eigenvalue weighted by Gasteiger charge is 2.21. The topological polar surface area (TPSA) is 91.3 Å². The number of carboxylic acid groups (broad SMARTS) is 1. The highest BCUT2D eigenvalue weighted by molar-refractivity contribution is 6.30. The van der Waals surface area contributed by atoms with Gasteiger partial charge in [0, 0.05) is 35.0 Å². The Labute approximate surface area is 154 Å². The number of pyridine rings is 1. The van der Waals surface area contributed by atoms with Crippen molar-refractivity contribution in [2.75, 3.05) is 11.9 Å². The lowest BCUT2D eigenvalue weighted by atomic mass is 9.98. The van der Waals surface area contributed by atoms with Crippen LogP contribution in [0.3, 0.4) is 0 Å². The van der Waals surface area contributed by atoms with E-state index in [0.29, 0.717) is 16.3 Å². The molecule has 0 spiro atoms. The number of rotatable bonds is 5. The Hall–Kier alpha value is -3.12. The highest BCUT2D eigenvalue weighted by atomic mass is 35.5. The molecule has 2 amide bonds. The molecule has 0 radical (unpaired) electrons. The zero-order chi connectivity index (χ0) is 18.5. The van der Waals surface area contributed by atoms with Crippen LogP contribution in [0.1, 0.15) is 11.5 Å². The number of halogens is 1. The number of nitrogens with one attached hydrogen (secondary N) is 2. The van der Waals surface area contributed by atoms with Crippen molar-refractivity contribution in [1.29, 1.82) is 0 Å². The smallest absolute Gasteiger partial charge is 0.404 e. The van der Waals surface area contributed by atoms with Gasteiger partial charge in [0.1, 0.15) is 0 Å². The fourth-order valence-electron chi connectivity index (χ4n) is 2.64. The third kappa shape index (κ3) is 4.29. The van der Waals surface area contributed by atoms with Crippen LogP contribution in [0.2, 0.25) is 5.02 Å². The summed E-state index contributed by atoms with van der Waals surface area (Å²) < 4.78 is 0. The van der Waals surface area contributed by atoms with Gasteiger partial charge < -0.3 is 15.7 Å². The standard InChI is InChI=1S/C19H16ClN3O3/c20-15-4-1-12(2-5-15)17(11-22-19(25)26)18(24)23-16-6-3-14-10-21-8-7-13(14)9-16/h1-10,17,22H,11H2,(H,23,24)(H,25,26)/t17-/m1/s1. The monoisotopic (exact) mass is 369 g/mol. The molecule has 1 heterocycles. The Kier molecular flexibility index (Phi) is 5.34. The number of fused-ring (bicyclic) bond motifs is 1. The van der Waals surface area contributed by atoms with Crippen LogP contribution in [0.25, 0.3) is 10.8 Å². The van der Waals surface area contributed by atoms with Crippen molar-refractivity contribution in [3.05, 3.63) is 71.5 Å². The molecule has 0 bridgehead atoms. The molecular formula is C19H16ClN3O3. The number of benzene rings is 2. The molecule has 7 heteroatoms. The highest BCUT2D eigenvalue weighted by Crippen LogP contribution is 2.22. The maximum atomic E-state index is 12.8. The number of amides is 2. The van der Waals surface area contributed by atoms with Gasteiger partial charge in [-0.1, -0.05) is 29.8 Å². The molecule has 0 aliphatic carbocycles. The second-order valence-corrected chi connectivity index (χ2v) is 6.15. The molecule has 6 nitrogen and oxygen atoms in total. The predicted molar refractivity (Wildman–Crippen MR) is 101 cm³/mol. The Morgan fingerprint density at radius 1 is 1.08 bits per heavy atom. The van der Waals surface area contributed by atoms with Crippen molar-refractivity contribution >= 4 is 40.1 Å². The number of anilines is 1. The van der Waals surface area contributed by atoms with Gasteiger partial charge in [-0.3, -0.25) is 9.78 Å². The molecule has 0 fully saturated rings. The molecule has 0 unspecified atom stereocenters. The van der Waals surface area contributed by atoms with Crippen molar-refractivity contribution in [1.82, 2.24) is 10.3 Å². The summed E-state index contributed by atoms with van der Waals surface area (Å²) >= 11 is 5.89. The second kappa shape index (κ2) is 7.84. The van der Waals surface area contributed by atoms with Gasteiger partial charge in [-0.15, -0.1) is 0 Å². The summed E-state index contributed by atoms with van der Waals surface area (Å²) in [4.78, 5) is 27.7. The van der Waals surface area contributed by atoms with E-state index in [1.165, 1.54) is 0 Å². The lowest BCUT2D eigenvalue weighted by molar-refractivity contribution is -0.117. The van der Waals surface area contributed by atoms with E-state index in [0.717, 1.165) is 10.8 Å².